The van der Waals surface area contributed by atoms with Crippen molar-refractivity contribution in [3.05, 3.63) is 28.8 Å². The van der Waals surface area contributed by atoms with Gasteiger partial charge in [0.2, 0.25) is 0 Å². The van der Waals surface area contributed by atoms with Crippen LogP contribution in [0.2, 0.25) is 5.15 Å². The Hall–Kier alpha value is -1.00. The first-order valence-corrected chi connectivity index (χ1v) is 4.37. The largest absolute Gasteiger partial charge is 0.384 e. The number of Topliss-reactive ketones (excluding diaryl/α,β-unsaturated/α-hetero) is 1. The van der Waals surface area contributed by atoms with E-state index in [1.165, 1.54) is 13.2 Å². The molecular formula is C9H9ClFNO2. The zero-order valence-corrected chi connectivity index (χ0v) is 8.34. The van der Waals surface area contributed by atoms with Crippen molar-refractivity contribution in [3.63, 3.8) is 0 Å². The van der Waals surface area contributed by atoms with Crippen molar-refractivity contribution in [3.8, 4) is 0 Å². The van der Waals surface area contributed by atoms with Crippen molar-refractivity contribution in [2.75, 3.05) is 13.7 Å². The van der Waals surface area contributed by atoms with Crippen molar-refractivity contribution in [2.45, 2.75) is 6.42 Å². The minimum Gasteiger partial charge on any atom is -0.384 e. The van der Waals surface area contributed by atoms with Crippen LogP contribution in [0.15, 0.2) is 12.1 Å². The molecule has 0 radical (unpaired) electrons. The summed E-state index contributed by atoms with van der Waals surface area (Å²) in [5.74, 6) is -1.07. The number of hydrogen-bond donors (Lipinski definition) is 0. The molecule has 0 aliphatic rings. The molecule has 5 heteroatoms. The molecule has 1 aromatic rings. The number of carbonyl (C=O) groups is 1. The van der Waals surface area contributed by atoms with E-state index in [1.807, 2.05) is 0 Å². The van der Waals surface area contributed by atoms with E-state index >= 15 is 0 Å². The van der Waals surface area contributed by atoms with E-state index in [2.05, 4.69) is 4.98 Å². The normalized spacial score (nSPS) is 10.2. The number of aromatic nitrogens is 1. The third-order valence-electron chi connectivity index (χ3n) is 1.61. The number of carbonyl (C=O) groups excluding carboxylic acids is 1. The van der Waals surface area contributed by atoms with Crippen LogP contribution in [0.25, 0.3) is 0 Å². The van der Waals surface area contributed by atoms with Crippen LogP contribution in [0.1, 0.15) is 16.9 Å². The summed E-state index contributed by atoms with van der Waals surface area (Å²) in [6.45, 7) is 0.243. The summed E-state index contributed by atoms with van der Waals surface area (Å²) in [4.78, 5) is 14.9. The second-order valence-corrected chi connectivity index (χ2v) is 3.02. The summed E-state index contributed by atoms with van der Waals surface area (Å²) in [7, 11) is 1.47. The number of nitrogens with zero attached hydrogens (tertiary/aromatic N) is 1. The van der Waals surface area contributed by atoms with Crippen LogP contribution < -0.4 is 0 Å². The second kappa shape index (κ2) is 5.02. The first-order valence-electron chi connectivity index (χ1n) is 3.99. The van der Waals surface area contributed by atoms with Crippen molar-refractivity contribution in [1.29, 1.82) is 0 Å². The Kier molecular flexibility index (Phi) is 3.98. The minimum absolute atomic E-state index is 0.0980. The van der Waals surface area contributed by atoms with Gasteiger partial charge in [-0.2, -0.15) is 0 Å². The Balaban J connectivity index is 2.83. The van der Waals surface area contributed by atoms with Gasteiger partial charge in [-0.25, -0.2) is 9.37 Å². The molecule has 1 rings (SSSR count). The predicted octanol–water partition coefficient (Wildman–Crippen LogP) is 2.09. The van der Waals surface area contributed by atoms with Crippen molar-refractivity contribution >= 4 is 17.4 Å². The van der Waals surface area contributed by atoms with Gasteiger partial charge in [-0.3, -0.25) is 4.79 Å². The topological polar surface area (TPSA) is 39.2 Å². The first kappa shape index (κ1) is 11.1. The molecule has 0 atom stereocenters. The predicted molar refractivity (Wildman–Crippen MR) is 50.0 cm³/mol. The molecule has 14 heavy (non-hydrogen) atoms. The smallest absolute Gasteiger partial charge is 0.186 e. The summed E-state index contributed by atoms with van der Waals surface area (Å²) >= 11 is 5.53. The van der Waals surface area contributed by atoms with Gasteiger partial charge in [-0.1, -0.05) is 11.6 Å². The average Bonchev–Trinajstić information content (AvgIpc) is 2.18. The van der Waals surface area contributed by atoms with Gasteiger partial charge < -0.3 is 4.74 Å². The summed E-state index contributed by atoms with van der Waals surface area (Å²) < 4.78 is 17.8. The number of hydrogen-bond acceptors (Lipinski definition) is 3. The molecular weight excluding hydrogens is 209 g/mol. The van der Waals surface area contributed by atoms with E-state index in [9.17, 15) is 9.18 Å². The van der Waals surface area contributed by atoms with Crippen LogP contribution in [-0.2, 0) is 4.74 Å². The zero-order chi connectivity index (χ0) is 10.6. The highest BCUT2D eigenvalue weighted by Crippen LogP contribution is 2.11. The quantitative estimate of drug-likeness (QED) is 0.573. The third-order valence-corrected chi connectivity index (χ3v) is 1.82. The maximum absolute atomic E-state index is 13.1. The number of methoxy groups -OCH3 is 1. The molecule has 0 aliphatic heterocycles. The Labute approximate surface area is 85.9 Å². The van der Waals surface area contributed by atoms with Gasteiger partial charge in [-0.05, 0) is 12.1 Å². The molecule has 0 fully saturated rings. The summed E-state index contributed by atoms with van der Waals surface area (Å²) in [5, 5.41) is 0.104. The van der Waals surface area contributed by atoms with Crippen LogP contribution in [0.4, 0.5) is 4.39 Å². The van der Waals surface area contributed by atoms with Crippen LogP contribution >= 0.6 is 11.6 Å². The van der Waals surface area contributed by atoms with Gasteiger partial charge in [0.05, 0.1) is 6.61 Å². The number of pyridine rings is 1. The highest BCUT2D eigenvalue weighted by molar-refractivity contribution is 6.29. The van der Waals surface area contributed by atoms with E-state index in [1.54, 1.807) is 0 Å². The lowest BCUT2D eigenvalue weighted by Gasteiger charge is -2.01. The van der Waals surface area contributed by atoms with Crippen molar-refractivity contribution in [1.82, 2.24) is 4.98 Å². The Morgan fingerprint density at radius 3 is 3.00 bits per heavy atom. The molecule has 0 N–H and O–H groups in total. The van der Waals surface area contributed by atoms with E-state index in [4.69, 9.17) is 16.3 Å². The van der Waals surface area contributed by atoms with Gasteiger partial charge in [-0.15, -0.1) is 0 Å². The van der Waals surface area contributed by atoms with Gasteiger partial charge >= 0.3 is 0 Å². The van der Waals surface area contributed by atoms with E-state index in [0.29, 0.717) is 0 Å². The van der Waals surface area contributed by atoms with Gasteiger partial charge in [0.15, 0.2) is 11.6 Å². The lowest BCUT2D eigenvalue weighted by Crippen LogP contribution is -2.08. The van der Waals surface area contributed by atoms with Crippen molar-refractivity contribution < 1.29 is 13.9 Å². The van der Waals surface area contributed by atoms with Crippen LogP contribution in [-0.4, -0.2) is 24.5 Å². The summed E-state index contributed by atoms with van der Waals surface area (Å²) in [6.07, 6.45) is 0.0980. The first-order chi connectivity index (χ1) is 6.65. The van der Waals surface area contributed by atoms with E-state index < -0.39 is 11.6 Å². The molecule has 0 aromatic carbocycles. The molecule has 76 valence electrons. The minimum atomic E-state index is -0.657. The van der Waals surface area contributed by atoms with Gasteiger partial charge in [0.1, 0.15) is 10.8 Å². The van der Waals surface area contributed by atoms with E-state index in [0.717, 1.165) is 6.07 Å². The van der Waals surface area contributed by atoms with Gasteiger partial charge in [0, 0.05) is 13.5 Å². The summed E-state index contributed by atoms with van der Waals surface area (Å²) in [5.41, 5.74) is -0.227. The standard InChI is InChI=1S/C9H9ClFNO2/c1-14-5-4-7(13)9-6(11)2-3-8(10)12-9/h2-3H,4-5H2,1H3. The van der Waals surface area contributed by atoms with Crippen molar-refractivity contribution in [2.24, 2.45) is 0 Å². The second-order valence-electron chi connectivity index (χ2n) is 2.63. The highest BCUT2D eigenvalue weighted by Gasteiger charge is 2.13. The van der Waals surface area contributed by atoms with Crippen LogP contribution in [0.3, 0.4) is 0 Å². The summed E-state index contributed by atoms with van der Waals surface area (Å²) in [6, 6.07) is 2.42. The fourth-order valence-corrected chi connectivity index (χ4v) is 1.07. The molecule has 0 saturated carbocycles. The molecule has 0 unspecified atom stereocenters. The monoisotopic (exact) mass is 217 g/mol. The van der Waals surface area contributed by atoms with Crippen LogP contribution in [0, 0.1) is 5.82 Å². The fraction of sp³-hybridized carbons (Fsp3) is 0.333. The molecule has 1 heterocycles. The molecule has 3 nitrogen and oxygen atoms in total. The average molecular weight is 218 g/mol. The van der Waals surface area contributed by atoms with E-state index in [-0.39, 0.29) is 23.9 Å². The molecule has 0 spiro atoms. The maximum atomic E-state index is 13.1. The molecule has 0 aliphatic carbocycles. The third kappa shape index (κ3) is 2.75. The molecule has 0 saturated heterocycles. The maximum Gasteiger partial charge on any atom is 0.186 e. The lowest BCUT2D eigenvalue weighted by atomic mass is 10.2. The highest BCUT2D eigenvalue weighted by atomic mass is 35.5. The SMILES string of the molecule is COCCC(=O)c1nc(Cl)ccc1F. The number of halogens is 2. The zero-order valence-electron chi connectivity index (χ0n) is 7.59. The fourth-order valence-electron chi connectivity index (χ4n) is 0.927. The molecule has 1 aromatic heterocycles. The lowest BCUT2D eigenvalue weighted by molar-refractivity contribution is 0.0923. The molecule has 0 amide bonds. The number of rotatable bonds is 4. The molecule has 0 bridgehead atoms. The Morgan fingerprint density at radius 2 is 2.36 bits per heavy atom. The van der Waals surface area contributed by atoms with Crippen LogP contribution in [0.5, 0.6) is 0 Å². The number of ketones is 1. The van der Waals surface area contributed by atoms with Gasteiger partial charge in [0.25, 0.3) is 0 Å². The Bertz CT molecular complexity index is 344. The number of ether oxygens (including phenoxy) is 1. The Morgan fingerprint density at radius 1 is 1.64 bits per heavy atom.